The van der Waals surface area contributed by atoms with Gasteiger partial charge in [0, 0.05) is 2.74 Å². The lowest BCUT2D eigenvalue weighted by atomic mass is 9.97. The van der Waals surface area contributed by atoms with Gasteiger partial charge in [0.25, 0.3) is 0 Å². The Balaban J connectivity index is 4.36. The largest absolute Gasteiger partial charge is 0.481 e. The highest BCUT2D eigenvalue weighted by Crippen LogP contribution is 2.18. The van der Waals surface area contributed by atoms with Crippen molar-refractivity contribution in [3.63, 3.8) is 0 Å². The molecule has 0 aromatic heterocycles. The summed E-state index contributed by atoms with van der Waals surface area (Å²) in [6.45, 7) is 8.68. The highest BCUT2D eigenvalue weighted by atomic mass is 16.6. The van der Waals surface area contributed by atoms with Crippen LogP contribution in [0.2, 0.25) is 0 Å². The van der Waals surface area contributed by atoms with E-state index in [9.17, 15) is 9.59 Å². The molecule has 0 aliphatic rings. The molecular formula is C15H26O4. The van der Waals surface area contributed by atoms with E-state index in [0.717, 1.165) is 0 Å². The van der Waals surface area contributed by atoms with Crippen LogP contribution in [-0.4, -0.2) is 22.6 Å². The first-order valence-electron chi connectivity index (χ1n) is 7.52. The molecule has 0 radical (unpaired) electrons. The fourth-order valence-electron chi connectivity index (χ4n) is 1.57. The second kappa shape index (κ2) is 8.73. The minimum Gasteiger partial charge on any atom is -0.481 e. The summed E-state index contributed by atoms with van der Waals surface area (Å²) in [4.78, 5) is 22.8. The number of aliphatic carboxylic acids is 1. The van der Waals surface area contributed by atoms with Crippen LogP contribution in [0.25, 0.3) is 0 Å². The minimum atomic E-state index is -1.38. The molecule has 0 aromatic carbocycles. The maximum absolute atomic E-state index is 11.7. The summed E-state index contributed by atoms with van der Waals surface area (Å²) in [6.07, 6.45) is 1.09. The quantitative estimate of drug-likeness (QED) is 0.515. The Labute approximate surface area is 118 Å². The number of allylic oxidation sites excluding steroid dienone is 1. The molecule has 4 nitrogen and oxygen atoms in total. The normalized spacial score (nSPS) is 15.1. The molecule has 0 rings (SSSR count). The van der Waals surface area contributed by atoms with E-state index in [1.165, 1.54) is 6.08 Å². The van der Waals surface area contributed by atoms with Crippen LogP contribution in [0.4, 0.5) is 0 Å². The van der Waals surface area contributed by atoms with Gasteiger partial charge in [-0.3, -0.25) is 9.59 Å². The summed E-state index contributed by atoms with van der Waals surface area (Å²) in [7, 11) is 0. The van der Waals surface area contributed by atoms with E-state index in [-0.39, 0.29) is 25.7 Å². The van der Waals surface area contributed by atoms with Gasteiger partial charge in [-0.25, -0.2) is 0 Å². The van der Waals surface area contributed by atoms with Gasteiger partial charge in [0.1, 0.15) is 5.60 Å². The van der Waals surface area contributed by atoms with Gasteiger partial charge in [-0.1, -0.05) is 18.9 Å². The van der Waals surface area contributed by atoms with Crippen LogP contribution in [0.3, 0.4) is 0 Å². The van der Waals surface area contributed by atoms with Gasteiger partial charge in [0.05, 0.1) is 12.3 Å². The number of rotatable bonds is 9. The first-order valence-corrected chi connectivity index (χ1v) is 6.52. The molecule has 0 bridgehead atoms. The molecule has 1 atom stereocenters. The van der Waals surface area contributed by atoms with Gasteiger partial charge in [-0.15, -0.1) is 6.58 Å². The average Bonchev–Trinajstić information content (AvgIpc) is 2.24. The van der Waals surface area contributed by atoms with Crippen molar-refractivity contribution in [2.75, 3.05) is 0 Å². The van der Waals surface area contributed by atoms with Crippen LogP contribution >= 0.6 is 0 Å². The van der Waals surface area contributed by atoms with Gasteiger partial charge < -0.3 is 9.84 Å². The molecule has 0 saturated carbocycles. The monoisotopic (exact) mass is 272 g/mol. The number of esters is 1. The summed E-state index contributed by atoms with van der Waals surface area (Å²) in [5.74, 6) is -2.42. The minimum absolute atomic E-state index is 0.183. The van der Waals surface area contributed by atoms with Crippen molar-refractivity contribution in [1.29, 1.82) is 0 Å². The van der Waals surface area contributed by atoms with Gasteiger partial charge in [-0.05, 0) is 40.0 Å². The SMILES string of the molecule is [2H]C([2H])(CC=C)CCC[C@H](CC(=O)OC(C)(C)C)C(=O)O. The third kappa shape index (κ3) is 10.3. The maximum atomic E-state index is 11.7. The zero-order chi connectivity index (χ0) is 16.7. The molecule has 1 N–H and O–H groups in total. The zero-order valence-corrected chi connectivity index (χ0v) is 12.1. The molecule has 0 aliphatic carbocycles. The number of carbonyl (C=O) groups excluding carboxylic acids is 1. The molecule has 0 heterocycles. The molecule has 19 heavy (non-hydrogen) atoms. The van der Waals surface area contributed by atoms with Crippen LogP contribution in [-0.2, 0) is 14.3 Å². The van der Waals surface area contributed by atoms with Crippen molar-refractivity contribution < 1.29 is 22.2 Å². The van der Waals surface area contributed by atoms with Crippen LogP contribution < -0.4 is 0 Å². The highest BCUT2D eigenvalue weighted by Gasteiger charge is 2.24. The van der Waals surface area contributed by atoms with Crippen molar-refractivity contribution in [3.05, 3.63) is 12.7 Å². The van der Waals surface area contributed by atoms with E-state index in [4.69, 9.17) is 12.6 Å². The molecule has 0 unspecified atom stereocenters. The molecule has 0 aromatic rings. The van der Waals surface area contributed by atoms with Crippen LogP contribution in [0.1, 0.15) is 62.0 Å². The summed E-state index contributed by atoms with van der Waals surface area (Å²) in [6, 6.07) is 0. The van der Waals surface area contributed by atoms with Crippen molar-refractivity contribution >= 4 is 11.9 Å². The second-order valence-electron chi connectivity index (χ2n) is 5.46. The molecule has 0 fully saturated rings. The predicted octanol–water partition coefficient (Wildman–Crippen LogP) is 3.56. The van der Waals surface area contributed by atoms with Crippen molar-refractivity contribution in [2.24, 2.45) is 5.92 Å². The lowest BCUT2D eigenvalue weighted by Gasteiger charge is -2.21. The average molecular weight is 272 g/mol. The molecule has 0 amide bonds. The topological polar surface area (TPSA) is 63.6 Å². The van der Waals surface area contributed by atoms with Gasteiger partial charge in [0.15, 0.2) is 0 Å². The third-order valence-electron chi connectivity index (χ3n) is 2.38. The number of carbonyl (C=O) groups is 2. The molecule has 0 aliphatic heterocycles. The Kier molecular flexibility index (Phi) is 6.47. The third-order valence-corrected chi connectivity index (χ3v) is 2.38. The Bertz CT molecular complexity index is 372. The molecular weight excluding hydrogens is 244 g/mol. The number of ether oxygens (including phenoxy) is 1. The first kappa shape index (κ1) is 14.1. The Hall–Kier alpha value is -1.32. The summed E-state index contributed by atoms with van der Waals surface area (Å²) >= 11 is 0. The van der Waals surface area contributed by atoms with Gasteiger partial charge in [-0.2, -0.15) is 0 Å². The number of carboxylic acid groups (broad SMARTS) is 1. The van der Waals surface area contributed by atoms with Crippen molar-refractivity contribution in [3.8, 4) is 0 Å². The van der Waals surface area contributed by atoms with E-state index in [0.29, 0.717) is 6.42 Å². The predicted molar refractivity (Wildman–Crippen MR) is 74.9 cm³/mol. The Morgan fingerprint density at radius 1 is 1.42 bits per heavy atom. The van der Waals surface area contributed by atoms with Crippen LogP contribution in [0.15, 0.2) is 12.7 Å². The number of hydrogen-bond donors (Lipinski definition) is 1. The van der Waals surface area contributed by atoms with Crippen molar-refractivity contribution in [2.45, 2.75) is 64.8 Å². The van der Waals surface area contributed by atoms with Crippen LogP contribution in [0, 0.1) is 5.92 Å². The summed E-state index contributed by atoms with van der Waals surface area (Å²) in [5, 5.41) is 9.14. The standard InChI is InChI=1S/C15H26O4/c1-5-6-7-8-9-10-12(14(17)18)11-13(16)19-15(2,3)4/h5,12H,1,6-11H2,2-4H3,(H,17,18)/t12-/m1/s1/i7D2. The molecule has 0 saturated heterocycles. The number of carboxylic acids is 1. The van der Waals surface area contributed by atoms with E-state index < -0.39 is 29.8 Å². The highest BCUT2D eigenvalue weighted by molar-refractivity contribution is 5.78. The van der Waals surface area contributed by atoms with Gasteiger partial charge in [0.2, 0.25) is 0 Å². The van der Waals surface area contributed by atoms with E-state index >= 15 is 0 Å². The molecule has 4 heteroatoms. The van der Waals surface area contributed by atoms with Gasteiger partial charge >= 0.3 is 11.9 Å². The first-order chi connectivity index (χ1) is 9.47. The maximum Gasteiger partial charge on any atom is 0.307 e. The second-order valence-corrected chi connectivity index (χ2v) is 5.46. The number of hydrogen-bond acceptors (Lipinski definition) is 3. The lowest BCUT2D eigenvalue weighted by Crippen LogP contribution is -2.27. The Morgan fingerprint density at radius 2 is 2.05 bits per heavy atom. The smallest absolute Gasteiger partial charge is 0.307 e. The summed E-state index contributed by atoms with van der Waals surface area (Å²) < 4.78 is 20.5. The molecule has 0 spiro atoms. The van der Waals surface area contributed by atoms with Crippen molar-refractivity contribution in [1.82, 2.24) is 0 Å². The fourth-order valence-corrected chi connectivity index (χ4v) is 1.57. The van der Waals surface area contributed by atoms with Crippen LogP contribution in [0.5, 0.6) is 0 Å². The zero-order valence-electron chi connectivity index (χ0n) is 14.1. The summed E-state index contributed by atoms with van der Waals surface area (Å²) in [5.41, 5.74) is -0.637. The van der Waals surface area contributed by atoms with E-state index in [2.05, 4.69) is 6.58 Å². The fraction of sp³-hybridized carbons (Fsp3) is 0.733. The lowest BCUT2D eigenvalue weighted by molar-refractivity contribution is -0.160. The van der Waals surface area contributed by atoms with E-state index in [1.54, 1.807) is 20.8 Å². The Morgan fingerprint density at radius 3 is 2.53 bits per heavy atom. The molecule has 110 valence electrons. The van der Waals surface area contributed by atoms with E-state index in [1.807, 2.05) is 0 Å².